The van der Waals surface area contributed by atoms with Gasteiger partial charge in [-0.1, -0.05) is 36.4 Å². The highest BCUT2D eigenvalue weighted by Crippen LogP contribution is 2.19. The van der Waals surface area contributed by atoms with Gasteiger partial charge in [0.2, 0.25) is 11.8 Å². The van der Waals surface area contributed by atoms with E-state index in [1.54, 1.807) is 30.3 Å². The largest absolute Gasteiger partial charge is 0.349 e. The van der Waals surface area contributed by atoms with Crippen LogP contribution < -0.4 is 16.0 Å². The SMILES string of the molecule is CC(=O)NC(CC(=O)Nc1ccc(NC(=O)c2cccs2)cc1)c1ccccc1. The Bertz CT molecular complexity index is 970. The van der Waals surface area contributed by atoms with E-state index in [1.807, 2.05) is 41.8 Å². The van der Waals surface area contributed by atoms with E-state index in [1.165, 1.54) is 18.3 Å². The van der Waals surface area contributed by atoms with Crippen LogP contribution >= 0.6 is 11.3 Å². The first-order chi connectivity index (χ1) is 14.0. The Balaban J connectivity index is 1.59. The van der Waals surface area contributed by atoms with Gasteiger partial charge in [0, 0.05) is 18.3 Å². The Morgan fingerprint density at radius 3 is 2.10 bits per heavy atom. The van der Waals surface area contributed by atoms with Crippen molar-refractivity contribution in [3.63, 3.8) is 0 Å². The molecule has 148 valence electrons. The van der Waals surface area contributed by atoms with Gasteiger partial charge in [-0.15, -0.1) is 11.3 Å². The molecule has 1 aromatic heterocycles. The van der Waals surface area contributed by atoms with E-state index in [0.717, 1.165) is 5.56 Å². The van der Waals surface area contributed by atoms with Crippen molar-refractivity contribution in [3.8, 4) is 0 Å². The number of anilines is 2. The summed E-state index contributed by atoms with van der Waals surface area (Å²) in [5.74, 6) is -0.585. The average molecular weight is 407 g/mol. The highest BCUT2D eigenvalue weighted by atomic mass is 32.1. The number of nitrogens with one attached hydrogen (secondary N) is 3. The molecular formula is C22H21N3O3S. The smallest absolute Gasteiger partial charge is 0.265 e. The Kier molecular flexibility index (Phi) is 6.76. The zero-order chi connectivity index (χ0) is 20.6. The number of rotatable bonds is 7. The van der Waals surface area contributed by atoms with Crippen molar-refractivity contribution >= 4 is 40.4 Å². The first-order valence-corrected chi connectivity index (χ1v) is 9.96. The maximum Gasteiger partial charge on any atom is 0.265 e. The van der Waals surface area contributed by atoms with Crippen LogP contribution in [0.25, 0.3) is 0 Å². The van der Waals surface area contributed by atoms with Crippen LogP contribution in [0.1, 0.15) is 34.6 Å². The molecule has 0 saturated heterocycles. The van der Waals surface area contributed by atoms with Crippen molar-refractivity contribution in [2.75, 3.05) is 10.6 Å². The summed E-state index contributed by atoms with van der Waals surface area (Å²) in [6.07, 6.45) is 0.112. The minimum absolute atomic E-state index is 0.112. The number of amides is 3. The van der Waals surface area contributed by atoms with Gasteiger partial charge in [-0.05, 0) is 41.3 Å². The molecule has 1 unspecified atom stereocenters. The second-order valence-corrected chi connectivity index (χ2v) is 7.37. The lowest BCUT2D eigenvalue weighted by atomic mass is 10.0. The fourth-order valence-corrected chi connectivity index (χ4v) is 3.44. The maximum atomic E-state index is 12.5. The van der Waals surface area contributed by atoms with Crippen molar-refractivity contribution in [1.82, 2.24) is 5.32 Å². The van der Waals surface area contributed by atoms with E-state index in [4.69, 9.17) is 0 Å². The Morgan fingerprint density at radius 2 is 1.52 bits per heavy atom. The molecule has 7 heteroatoms. The van der Waals surface area contributed by atoms with Gasteiger partial charge in [-0.2, -0.15) is 0 Å². The molecule has 3 rings (SSSR count). The van der Waals surface area contributed by atoms with Gasteiger partial charge in [0.25, 0.3) is 5.91 Å². The number of carbonyl (C=O) groups is 3. The van der Waals surface area contributed by atoms with Gasteiger partial charge < -0.3 is 16.0 Å². The van der Waals surface area contributed by atoms with Crippen molar-refractivity contribution in [2.24, 2.45) is 0 Å². The highest BCUT2D eigenvalue weighted by Gasteiger charge is 2.17. The molecule has 29 heavy (non-hydrogen) atoms. The molecule has 3 N–H and O–H groups in total. The molecule has 0 saturated carbocycles. The fraction of sp³-hybridized carbons (Fsp3) is 0.136. The first kappa shape index (κ1) is 20.3. The van der Waals surface area contributed by atoms with E-state index < -0.39 is 6.04 Å². The van der Waals surface area contributed by atoms with Gasteiger partial charge >= 0.3 is 0 Å². The summed E-state index contributed by atoms with van der Waals surface area (Å²) in [5, 5.41) is 10.3. The highest BCUT2D eigenvalue weighted by molar-refractivity contribution is 7.12. The van der Waals surface area contributed by atoms with Crippen LogP contribution in [0.5, 0.6) is 0 Å². The Hall–Kier alpha value is -3.45. The number of hydrogen-bond acceptors (Lipinski definition) is 4. The van der Waals surface area contributed by atoms with Crippen molar-refractivity contribution < 1.29 is 14.4 Å². The lowest BCUT2D eigenvalue weighted by molar-refractivity contribution is -0.120. The van der Waals surface area contributed by atoms with E-state index in [2.05, 4.69) is 16.0 Å². The third-order valence-electron chi connectivity index (χ3n) is 4.14. The van der Waals surface area contributed by atoms with E-state index >= 15 is 0 Å². The van der Waals surface area contributed by atoms with Crippen molar-refractivity contribution in [2.45, 2.75) is 19.4 Å². The molecule has 0 spiro atoms. The summed E-state index contributed by atoms with van der Waals surface area (Å²) in [6.45, 7) is 1.43. The average Bonchev–Trinajstić information content (AvgIpc) is 3.24. The third kappa shape index (κ3) is 6.02. The van der Waals surface area contributed by atoms with Gasteiger partial charge in [0.1, 0.15) is 0 Å². The number of carbonyl (C=O) groups excluding carboxylic acids is 3. The van der Waals surface area contributed by atoms with Crippen LogP contribution in [0.3, 0.4) is 0 Å². The lowest BCUT2D eigenvalue weighted by Crippen LogP contribution is -2.29. The third-order valence-corrected chi connectivity index (χ3v) is 5.01. The molecule has 0 aliphatic carbocycles. The standard InChI is InChI=1S/C22H21N3O3S/c1-15(26)23-19(16-6-3-2-4-7-16)14-21(27)24-17-9-11-18(12-10-17)25-22(28)20-8-5-13-29-20/h2-13,19H,14H2,1H3,(H,23,26)(H,24,27)(H,25,28). The summed E-state index contributed by atoms with van der Waals surface area (Å²) < 4.78 is 0. The number of thiophene rings is 1. The predicted octanol–water partition coefficient (Wildman–Crippen LogP) is 4.21. The molecule has 2 aromatic carbocycles. The van der Waals surface area contributed by atoms with Crippen molar-refractivity contribution in [1.29, 1.82) is 0 Å². The molecule has 0 bridgehead atoms. The summed E-state index contributed by atoms with van der Waals surface area (Å²) in [6, 6.07) is 19.4. The number of benzene rings is 2. The minimum atomic E-state index is -0.405. The second kappa shape index (κ2) is 9.66. The Morgan fingerprint density at radius 1 is 0.862 bits per heavy atom. The summed E-state index contributed by atoms with van der Waals surface area (Å²) in [5.41, 5.74) is 2.12. The molecule has 0 aliphatic heterocycles. The molecule has 0 radical (unpaired) electrons. The Labute approximate surface area is 173 Å². The van der Waals surface area contributed by atoms with Crippen LogP contribution in [0, 0.1) is 0 Å². The van der Waals surface area contributed by atoms with Crippen LogP contribution in [-0.4, -0.2) is 17.7 Å². The molecule has 6 nitrogen and oxygen atoms in total. The van der Waals surface area contributed by atoms with Crippen LogP contribution in [0.4, 0.5) is 11.4 Å². The van der Waals surface area contributed by atoms with E-state index in [9.17, 15) is 14.4 Å². The lowest BCUT2D eigenvalue weighted by Gasteiger charge is -2.18. The van der Waals surface area contributed by atoms with E-state index in [0.29, 0.717) is 16.3 Å². The summed E-state index contributed by atoms with van der Waals surface area (Å²) >= 11 is 1.37. The monoisotopic (exact) mass is 407 g/mol. The van der Waals surface area contributed by atoms with Gasteiger partial charge in [0.05, 0.1) is 17.3 Å². The van der Waals surface area contributed by atoms with Gasteiger partial charge in [-0.3, -0.25) is 14.4 Å². The summed E-state index contributed by atoms with van der Waals surface area (Å²) in [4.78, 5) is 36.7. The topological polar surface area (TPSA) is 87.3 Å². The molecule has 1 heterocycles. The summed E-state index contributed by atoms with van der Waals surface area (Å²) in [7, 11) is 0. The van der Waals surface area contributed by atoms with Crippen LogP contribution in [0.2, 0.25) is 0 Å². The van der Waals surface area contributed by atoms with Crippen LogP contribution in [-0.2, 0) is 9.59 Å². The first-order valence-electron chi connectivity index (χ1n) is 9.08. The number of hydrogen-bond donors (Lipinski definition) is 3. The predicted molar refractivity (Wildman–Crippen MR) is 115 cm³/mol. The van der Waals surface area contributed by atoms with Crippen LogP contribution in [0.15, 0.2) is 72.1 Å². The molecule has 3 amide bonds. The maximum absolute atomic E-state index is 12.5. The molecule has 1 atom stereocenters. The van der Waals surface area contributed by atoms with Gasteiger partial charge in [0.15, 0.2) is 0 Å². The molecule has 0 aliphatic rings. The quantitative estimate of drug-likeness (QED) is 0.548. The normalized spacial score (nSPS) is 11.3. The fourth-order valence-electron chi connectivity index (χ4n) is 2.82. The van der Waals surface area contributed by atoms with Crippen molar-refractivity contribution in [3.05, 3.63) is 82.6 Å². The molecule has 0 fully saturated rings. The molecular weight excluding hydrogens is 386 g/mol. The zero-order valence-corrected chi connectivity index (χ0v) is 16.7. The second-order valence-electron chi connectivity index (χ2n) is 6.42. The molecule has 3 aromatic rings. The zero-order valence-electron chi connectivity index (χ0n) is 15.8. The van der Waals surface area contributed by atoms with Gasteiger partial charge in [-0.25, -0.2) is 0 Å². The minimum Gasteiger partial charge on any atom is -0.349 e. The van der Waals surface area contributed by atoms with E-state index in [-0.39, 0.29) is 24.1 Å².